The fraction of sp³-hybridized carbons (Fsp3) is 0.917. The molecule has 0 radical (unpaired) electrons. The number of nitrogens with two attached hydrogens (primary N) is 2. The molecule has 52 heavy (non-hydrogen) atoms. The van der Waals surface area contributed by atoms with Gasteiger partial charge in [0, 0.05) is 0 Å². The molecular weight excluding hydrogens is 633 g/mol. The fourth-order valence-corrected chi connectivity index (χ4v) is 7.49. The molecule has 0 unspecified atom stereocenters. The fourth-order valence-electron chi connectivity index (χ4n) is 7.49. The zero-order valence-corrected chi connectivity index (χ0v) is 36.1. The van der Waals surface area contributed by atoms with Crippen molar-refractivity contribution in [1.29, 1.82) is 0 Å². The van der Waals surface area contributed by atoms with Crippen molar-refractivity contribution in [3.8, 4) is 0 Å². The van der Waals surface area contributed by atoms with Gasteiger partial charge in [-0.05, 0) is 142 Å². The molecule has 4 N–H and O–H groups in total. The summed E-state index contributed by atoms with van der Waals surface area (Å²) in [5.41, 5.74) is 11.8. The zero-order chi connectivity index (χ0) is 37.7. The Morgan fingerprint density at radius 2 is 0.481 bits per heavy atom. The van der Waals surface area contributed by atoms with Gasteiger partial charge in [0.05, 0.1) is 0 Å². The smallest absolute Gasteiger partial charge is 0.000672 e. The van der Waals surface area contributed by atoms with Gasteiger partial charge < -0.3 is 21.3 Å². The number of hydrogen-bond donors (Lipinski definition) is 2. The Morgan fingerprint density at radius 1 is 0.269 bits per heavy atom. The van der Waals surface area contributed by atoms with Crippen LogP contribution in [0.25, 0.3) is 0 Å². The highest BCUT2D eigenvalue weighted by molar-refractivity contribution is 4.82. The second kappa shape index (κ2) is 46.5. The molecule has 0 bridgehead atoms. The normalized spacial score (nSPS) is 12.2. The third-order valence-corrected chi connectivity index (χ3v) is 11.0. The van der Waals surface area contributed by atoms with E-state index in [9.17, 15) is 0 Å². The summed E-state index contributed by atoms with van der Waals surface area (Å²) in [6.07, 6.45) is 56.2. The molecule has 4 nitrogen and oxygen atoms in total. The van der Waals surface area contributed by atoms with Gasteiger partial charge >= 0.3 is 0 Å². The molecule has 0 aromatic heterocycles. The lowest BCUT2D eigenvalue weighted by molar-refractivity contribution is 0.233. The Balaban J connectivity index is 3.86. The van der Waals surface area contributed by atoms with E-state index in [4.69, 9.17) is 11.5 Å². The lowest BCUT2D eigenvalue weighted by Gasteiger charge is -2.24. The van der Waals surface area contributed by atoms with Gasteiger partial charge in [0.15, 0.2) is 0 Å². The minimum absolute atomic E-state index is 0.813. The number of allylic oxidation sites excluding steroid dienone is 4. The van der Waals surface area contributed by atoms with E-state index >= 15 is 0 Å². The van der Waals surface area contributed by atoms with Gasteiger partial charge in [-0.3, -0.25) is 0 Å². The molecule has 0 aliphatic rings. The van der Waals surface area contributed by atoms with Crippen LogP contribution in [-0.4, -0.2) is 62.2 Å². The average molecular weight is 731 g/mol. The van der Waals surface area contributed by atoms with Crippen molar-refractivity contribution in [2.45, 2.75) is 232 Å². The topological polar surface area (TPSA) is 58.5 Å². The second-order valence-corrected chi connectivity index (χ2v) is 16.3. The molecule has 0 spiro atoms. The maximum Gasteiger partial charge on any atom is -0.000672 e. The monoisotopic (exact) mass is 731 g/mol. The van der Waals surface area contributed by atoms with Gasteiger partial charge in [-0.1, -0.05) is 167 Å². The summed E-state index contributed by atoms with van der Waals surface area (Å²) in [5, 5.41) is 0. The SMILES string of the molecule is CCCCCCCCCC=CCCCCCCCCN(CCCN)CCCCN(CCCN)CCCCCCCCC=CCCCCCCCCC. The van der Waals surface area contributed by atoms with E-state index in [0.717, 1.165) is 25.9 Å². The predicted octanol–water partition coefficient (Wildman–Crippen LogP) is 13.9. The van der Waals surface area contributed by atoms with Gasteiger partial charge in [0.25, 0.3) is 0 Å². The third-order valence-electron chi connectivity index (χ3n) is 11.0. The van der Waals surface area contributed by atoms with Crippen LogP contribution in [0.15, 0.2) is 24.3 Å². The van der Waals surface area contributed by atoms with Gasteiger partial charge in [0.1, 0.15) is 0 Å². The summed E-state index contributed by atoms with van der Waals surface area (Å²) in [7, 11) is 0. The first-order valence-corrected chi connectivity index (χ1v) is 23.9. The molecule has 0 aromatic rings. The van der Waals surface area contributed by atoms with Crippen molar-refractivity contribution in [2.75, 3.05) is 52.4 Å². The first kappa shape index (κ1) is 51.3. The molecule has 0 saturated heterocycles. The number of rotatable bonds is 45. The van der Waals surface area contributed by atoms with Gasteiger partial charge in [-0.25, -0.2) is 0 Å². The highest BCUT2D eigenvalue weighted by atomic mass is 15.1. The van der Waals surface area contributed by atoms with Crippen molar-refractivity contribution in [3.63, 3.8) is 0 Å². The van der Waals surface area contributed by atoms with Crippen LogP contribution in [0.1, 0.15) is 232 Å². The number of nitrogens with zero attached hydrogens (tertiary/aromatic N) is 2. The van der Waals surface area contributed by atoms with Crippen LogP contribution in [-0.2, 0) is 0 Å². The molecule has 0 aromatic carbocycles. The molecule has 4 heteroatoms. The van der Waals surface area contributed by atoms with E-state index in [-0.39, 0.29) is 0 Å². The summed E-state index contributed by atoms with van der Waals surface area (Å²) in [5.74, 6) is 0. The summed E-state index contributed by atoms with van der Waals surface area (Å²) in [6.45, 7) is 13.6. The van der Waals surface area contributed by atoms with Crippen LogP contribution >= 0.6 is 0 Å². The molecule has 0 aliphatic heterocycles. The Bertz CT molecular complexity index is 634. The zero-order valence-electron chi connectivity index (χ0n) is 36.1. The Morgan fingerprint density at radius 3 is 0.750 bits per heavy atom. The lowest BCUT2D eigenvalue weighted by atomic mass is 10.1. The predicted molar refractivity (Wildman–Crippen MR) is 238 cm³/mol. The molecule has 0 fully saturated rings. The van der Waals surface area contributed by atoms with Crippen LogP contribution < -0.4 is 11.5 Å². The Kier molecular flexibility index (Phi) is 45.9. The Hall–Kier alpha value is -0.680. The van der Waals surface area contributed by atoms with E-state index < -0.39 is 0 Å². The first-order chi connectivity index (χ1) is 25.8. The molecular formula is C48H98N4. The van der Waals surface area contributed by atoms with Crippen LogP contribution in [0.2, 0.25) is 0 Å². The van der Waals surface area contributed by atoms with Crippen LogP contribution in [0.3, 0.4) is 0 Å². The molecule has 0 aliphatic carbocycles. The summed E-state index contributed by atoms with van der Waals surface area (Å²) in [4.78, 5) is 5.42. The molecule has 0 rings (SSSR count). The number of unbranched alkanes of at least 4 members (excludes halogenated alkanes) is 27. The van der Waals surface area contributed by atoms with Gasteiger partial charge in [0.2, 0.25) is 0 Å². The van der Waals surface area contributed by atoms with E-state index in [2.05, 4.69) is 48.0 Å². The molecule has 310 valence electrons. The standard InChI is InChI=1S/C48H98N4/c1-3-5-7-9-11-13-15-17-19-21-23-25-27-29-31-33-35-43-51(47-39-41-49)45-37-38-46-52(48-40-42-50)44-36-34-32-30-28-26-24-22-20-18-16-14-12-10-8-6-4-2/h19-22H,3-18,23-50H2,1-2H3. The molecule has 0 atom stereocenters. The van der Waals surface area contributed by atoms with E-state index in [1.165, 1.54) is 245 Å². The first-order valence-electron chi connectivity index (χ1n) is 23.9. The van der Waals surface area contributed by atoms with E-state index in [1.54, 1.807) is 0 Å². The lowest BCUT2D eigenvalue weighted by Crippen LogP contribution is -2.31. The largest absolute Gasteiger partial charge is 0.330 e. The number of hydrogen-bond acceptors (Lipinski definition) is 4. The van der Waals surface area contributed by atoms with Crippen LogP contribution in [0.4, 0.5) is 0 Å². The van der Waals surface area contributed by atoms with Crippen molar-refractivity contribution < 1.29 is 0 Å². The highest BCUT2D eigenvalue weighted by Crippen LogP contribution is 2.13. The quantitative estimate of drug-likeness (QED) is 0.0484. The molecule has 0 amide bonds. The Labute approximate surface area is 329 Å². The summed E-state index contributed by atoms with van der Waals surface area (Å²) < 4.78 is 0. The van der Waals surface area contributed by atoms with Crippen LogP contribution in [0.5, 0.6) is 0 Å². The average Bonchev–Trinajstić information content (AvgIpc) is 3.16. The van der Waals surface area contributed by atoms with E-state index in [1.807, 2.05) is 0 Å². The molecule has 0 saturated carbocycles. The third kappa shape index (κ3) is 42.1. The van der Waals surface area contributed by atoms with Crippen molar-refractivity contribution in [3.05, 3.63) is 24.3 Å². The van der Waals surface area contributed by atoms with Crippen molar-refractivity contribution in [1.82, 2.24) is 9.80 Å². The summed E-state index contributed by atoms with van der Waals surface area (Å²) in [6, 6.07) is 0. The van der Waals surface area contributed by atoms with Gasteiger partial charge in [-0.15, -0.1) is 0 Å². The van der Waals surface area contributed by atoms with Crippen LogP contribution in [0, 0.1) is 0 Å². The minimum Gasteiger partial charge on any atom is -0.330 e. The maximum atomic E-state index is 5.90. The maximum absolute atomic E-state index is 5.90. The molecule has 0 heterocycles. The minimum atomic E-state index is 0.813. The van der Waals surface area contributed by atoms with Crippen molar-refractivity contribution in [2.24, 2.45) is 11.5 Å². The highest BCUT2D eigenvalue weighted by Gasteiger charge is 2.08. The van der Waals surface area contributed by atoms with E-state index in [0.29, 0.717) is 0 Å². The summed E-state index contributed by atoms with van der Waals surface area (Å²) >= 11 is 0. The van der Waals surface area contributed by atoms with Gasteiger partial charge in [-0.2, -0.15) is 0 Å². The van der Waals surface area contributed by atoms with Crippen molar-refractivity contribution >= 4 is 0 Å². The second-order valence-electron chi connectivity index (χ2n) is 16.3.